The molecule has 0 saturated heterocycles. The molecule has 0 fully saturated rings. The Balaban J connectivity index is 3.10. The summed E-state index contributed by atoms with van der Waals surface area (Å²) in [6, 6.07) is 0. The van der Waals surface area contributed by atoms with Crippen molar-refractivity contribution in [3.8, 4) is 12.5 Å². The molecular formula is C8H17N2O+. The maximum Gasteiger partial charge on any atom is 0.134 e. The highest BCUT2D eigenvalue weighted by atomic mass is 16.6. The van der Waals surface area contributed by atoms with E-state index in [1.54, 1.807) is 0 Å². The summed E-state index contributed by atoms with van der Waals surface area (Å²) in [6.45, 7) is 1.92. The Labute approximate surface area is 68.9 Å². The van der Waals surface area contributed by atoms with E-state index in [-0.39, 0.29) is 0 Å². The summed E-state index contributed by atoms with van der Waals surface area (Å²) in [4.78, 5) is 4.52. The van der Waals surface area contributed by atoms with Crippen molar-refractivity contribution < 1.29 is 9.32 Å². The zero-order valence-electron chi connectivity index (χ0n) is 7.55. The second kappa shape index (κ2) is 5.00. The van der Waals surface area contributed by atoms with E-state index in [2.05, 4.69) is 31.5 Å². The van der Waals surface area contributed by atoms with E-state index >= 15 is 0 Å². The van der Waals surface area contributed by atoms with Gasteiger partial charge in [0.1, 0.15) is 6.11 Å². The monoisotopic (exact) mass is 157 g/mol. The largest absolute Gasteiger partial charge is 0.356 e. The molecule has 1 N–H and O–H groups in total. The predicted octanol–water partition coefficient (Wildman–Crippen LogP) is 0.195. The normalized spacial score (nSPS) is 10.7. The lowest BCUT2D eigenvalue weighted by atomic mass is 10.4. The van der Waals surface area contributed by atoms with Gasteiger partial charge in [0.05, 0.1) is 27.7 Å². The molecule has 0 aliphatic heterocycles. The molecule has 0 aliphatic carbocycles. The van der Waals surface area contributed by atoms with Gasteiger partial charge in [-0.15, -0.1) is 5.48 Å². The van der Waals surface area contributed by atoms with Crippen molar-refractivity contribution in [1.29, 1.82) is 0 Å². The van der Waals surface area contributed by atoms with Gasteiger partial charge in [0.25, 0.3) is 0 Å². The lowest BCUT2D eigenvalue weighted by Gasteiger charge is -2.23. The topological polar surface area (TPSA) is 21.3 Å². The molecule has 3 heteroatoms. The molecule has 0 saturated carbocycles. The molecule has 64 valence electrons. The Morgan fingerprint density at radius 1 is 1.45 bits per heavy atom. The van der Waals surface area contributed by atoms with Crippen LogP contribution in [0.15, 0.2) is 0 Å². The van der Waals surface area contributed by atoms with Crippen LogP contribution in [-0.2, 0) is 4.84 Å². The molecule has 0 bridgehead atoms. The third-order valence-electron chi connectivity index (χ3n) is 1.24. The maximum absolute atomic E-state index is 4.86. The molecule has 0 unspecified atom stereocenters. The molecule has 0 aromatic rings. The average Bonchev–Trinajstić information content (AvgIpc) is 1.85. The van der Waals surface area contributed by atoms with E-state index in [1.807, 2.05) is 6.11 Å². The number of terminal acetylenes is 1. The number of nitrogens with zero attached hydrogens (tertiary/aromatic N) is 1. The van der Waals surface area contributed by atoms with Crippen molar-refractivity contribution in [3.63, 3.8) is 0 Å². The summed E-state index contributed by atoms with van der Waals surface area (Å²) in [5.74, 6) is 0. The minimum atomic E-state index is 0.805. The second-order valence-electron chi connectivity index (χ2n) is 3.48. The minimum Gasteiger partial charge on any atom is -0.356 e. The van der Waals surface area contributed by atoms with E-state index < -0.39 is 0 Å². The van der Waals surface area contributed by atoms with E-state index in [9.17, 15) is 0 Å². The Bertz CT molecular complexity index is 132. The quantitative estimate of drug-likeness (QED) is 0.266. The maximum atomic E-state index is 4.86. The lowest BCUT2D eigenvalue weighted by molar-refractivity contribution is -0.870. The van der Waals surface area contributed by atoms with Crippen molar-refractivity contribution in [2.75, 3.05) is 34.2 Å². The average molecular weight is 157 g/mol. The van der Waals surface area contributed by atoms with Crippen molar-refractivity contribution in [3.05, 3.63) is 0 Å². The van der Waals surface area contributed by atoms with Gasteiger partial charge in [0.15, 0.2) is 0 Å². The highest BCUT2D eigenvalue weighted by Crippen LogP contribution is 1.91. The summed E-state index contributed by atoms with van der Waals surface area (Å²) >= 11 is 0. The van der Waals surface area contributed by atoms with E-state index in [1.165, 1.54) is 0 Å². The van der Waals surface area contributed by atoms with Crippen LogP contribution >= 0.6 is 0 Å². The van der Waals surface area contributed by atoms with Gasteiger partial charge in [-0.2, -0.15) is 0 Å². The van der Waals surface area contributed by atoms with Crippen LogP contribution in [0, 0.1) is 12.5 Å². The second-order valence-corrected chi connectivity index (χ2v) is 3.48. The van der Waals surface area contributed by atoms with Crippen molar-refractivity contribution in [1.82, 2.24) is 5.48 Å². The molecule has 0 aromatic carbocycles. The number of hydrogen-bond donors (Lipinski definition) is 1. The van der Waals surface area contributed by atoms with Crippen LogP contribution in [-0.4, -0.2) is 38.7 Å². The first-order valence-corrected chi connectivity index (χ1v) is 3.71. The molecule has 0 aliphatic rings. The predicted molar refractivity (Wildman–Crippen MR) is 45.4 cm³/mol. The zero-order chi connectivity index (χ0) is 8.74. The molecular weight excluding hydrogens is 140 g/mol. The fraction of sp³-hybridized carbons (Fsp3) is 0.750. The first kappa shape index (κ1) is 10.3. The van der Waals surface area contributed by atoms with Gasteiger partial charge in [0.2, 0.25) is 0 Å². The van der Waals surface area contributed by atoms with Gasteiger partial charge in [-0.25, -0.2) is 0 Å². The zero-order valence-corrected chi connectivity index (χ0v) is 7.55. The summed E-state index contributed by atoms with van der Waals surface area (Å²) in [5.41, 5.74) is 2.66. The molecule has 0 atom stereocenters. The van der Waals surface area contributed by atoms with Crippen LogP contribution in [0.1, 0.15) is 6.42 Å². The van der Waals surface area contributed by atoms with Crippen LogP contribution < -0.4 is 5.48 Å². The number of rotatable bonds is 5. The highest BCUT2D eigenvalue weighted by molar-refractivity contribution is 4.66. The third-order valence-corrected chi connectivity index (χ3v) is 1.24. The molecule has 0 rings (SSSR count). The molecule has 11 heavy (non-hydrogen) atoms. The van der Waals surface area contributed by atoms with Gasteiger partial charge in [-0.3, -0.25) is 0 Å². The smallest absolute Gasteiger partial charge is 0.134 e. The summed E-state index contributed by atoms with van der Waals surface area (Å²) < 4.78 is 0.970. The van der Waals surface area contributed by atoms with Gasteiger partial charge in [-0.05, 0) is 0 Å². The third kappa shape index (κ3) is 9.28. The van der Waals surface area contributed by atoms with Gasteiger partial charge in [0, 0.05) is 13.0 Å². The Hall–Kier alpha value is -0.720. The van der Waals surface area contributed by atoms with Gasteiger partial charge >= 0.3 is 0 Å². The van der Waals surface area contributed by atoms with Crippen molar-refractivity contribution in [2.24, 2.45) is 0 Å². The van der Waals surface area contributed by atoms with E-state index in [0.29, 0.717) is 0 Å². The van der Waals surface area contributed by atoms with Crippen molar-refractivity contribution in [2.45, 2.75) is 6.42 Å². The molecule has 0 radical (unpaired) electrons. The first-order valence-electron chi connectivity index (χ1n) is 3.71. The first-order chi connectivity index (χ1) is 5.06. The van der Waals surface area contributed by atoms with Crippen LogP contribution in [0.25, 0.3) is 0 Å². The highest BCUT2D eigenvalue weighted by Gasteiger charge is 2.04. The number of quaternary nitrogens is 1. The van der Waals surface area contributed by atoms with Gasteiger partial charge in [-0.1, -0.05) is 6.42 Å². The van der Waals surface area contributed by atoms with Crippen LogP contribution in [0.2, 0.25) is 0 Å². The standard InChI is InChI=1S/C8H17N2O/c1-5-11-9-7-6-8-10(2,3)4/h1,9H,6-8H2,2-4H3/q+1. The lowest BCUT2D eigenvalue weighted by Crippen LogP contribution is -2.36. The fourth-order valence-corrected chi connectivity index (χ4v) is 0.718. The molecule has 0 amide bonds. The number of hydroxylamine groups is 1. The minimum absolute atomic E-state index is 0.805. The Kier molecular flexibility index (Phi) is 4.67. The number of nitrogens with one attached hydrogen (secondary N) is 1. The summed E-state index contributed by atoms with van der Waals surface area (Å²) in [6.07, 6.45) is 7.97. The van der Waals surface area contributed by atoms with E-state index in [0.717, 1.165) is 24.0 Å². The summed E-state index contributed by atoms with van der Waals surface area (Å²) in [7, 11) is 6.46. The Morgan fingerprint density at radius 3 is 2.55 bits per heavy atom. The SMILES string of the molecule is C#CONCCC[N+](C)(C)C. The fourth-order valence-electron chi connectivity index (χ4n) is 0.718. The van der Waals surface area contributed by atoms with Crippen LogP contribution in [0.5, 0.6) is 0 Å². The number of hydrogen-bond acceptors (Lipinski definition) is 2. The molecule has 3 nitrogen and oxygen atoms in total. The van der Waals surface area contributed by atoms with Gasteiger partial charge < -0.3 is 9.32 Å². The van der Waals surface area contributed by atoms with Crippen LogP contribution in [0.4, 0.5) is 0 Å². The molecule has 0 spiro atoms. The molecule has 0 aromatic heterocycles. The van der Waals surface area contributed by atoms with Crippen LogP contribution in [0.3, 0.4) is 0 Å². The van der Waals surface area contributed by atoms with Crippen molar-refractivity contribution >= 4 is 0 Å². The Morgan fingerprint density at radius 2 is 2.09 bits per heavy atom. The van der Waals surface area contributed by atoms with E-state index in [4.69, 9.17) is 6.42 Å². The summed E-state index contributed by atoms with van der Waals surface area (Å²) in [5, 5.41) is 0. The molecule has 0 heterocycles.